The van der Waals surface area contributed by atoms with E-state index in [9.17, 15) is 9.90 Å². The molecule has 0 saturated carbocycles. The summed E-state index contributed by atoms with van der Waals surface area (Å²) in [6.07, 6.45) is 3.59. The summed E-state index contributed by atoms with van der Waals surface area (Å²) in [5.41, 5.74) is 0.204. The van der Waals surface area contributed by atoms with Crippen LogP contribution in [-0.4, -0.2) is 26.8 Å². The van der Waals surface area contributed by atoms with Crippen molar-refractivity contribution in [2.24, 2.45) is 0 Å². The Labute approximate surface area is 124 Å². The van der Waals surface area contributed by atoms with E-state index >= 15 is 0 Å². The Kier molecular flexibility index (Phi) is 4.31. The standard InChI is InChI=1S/C16H21N3O2/c1-12(11-19-10-4-9-17-19)18-15(21)16(2,3)13-5-7-14(20)8-6-13/h4-10,12,20H,11H2,1-3H3,(H,18,21). The maximum absolute atomic E-state index is 12.5. The van der Waals surface area contributed by atoms with E-state index in [-0.39, 0.29) is 17.7 Å². The van der Waals surface area contributed by atoms with E-state index in [4.69, 9.17) is 0 Å². The number of hydrogen-bond donors (Lipinski definition) is 2. The first kappa shape index (κ1) is 15.1. The van der Waals surface area contributed by atoms with Gasteiger partial charge >= 0.3 is 0 Å². The second-order valence-corrected chi connectivity index (χ2v) is 5.77. The molecular formula is C16H21N3O2. The van der Waals surface area contributed by atoms with Gasteiger partial charge in [-0.2, -0.15) is 5.10 Å². The molecule has 0 bridgehead atoms. The van der Waals surface area contributed by atoms with Crippen LogP contribution in [0.25, 0.3) is 0 Å². The molecule has 1 heterocycles. The summed E-state index contributed by atoms with van der Waals surface area (Å²) in [6.45, 7) is 6.32. The first-order chi connectivity index (χ1) is 9.89. The molecule has 112 valence electrons. The number of phenols is 1. The van der Waals surface area contributed by atoms with E-state index in [1.54, 1.807) is 35.1 Å². The van der Waals surface area contributed by atoms with Crippen molar-refractivity contribution in [3.8, 4) is 5.75 Å². The van der Waals surface area contributed by atoms with Gasteiger partial charge in [0, 0.05) is 18.4 Å². The van der Waals surface area contributed by atoms with Gasteiger partial charge in [-0.05, 0) is 44.5 Å². The zero-order valence-corrected chi connectivity index (χ0v) is 12.6. The largest absolute Gasteiger partial charge is 0.508 e. The summed E-state index contributed by atoms with van der Waals surface area (Å²) < 4.78 is 1.79. The highest BCUT2D eigenvalue weighted by Crippen LogP contribution is 2.25. The van der Waals surface area contributed by atoms with E-state index in [1.165, 1.54) is 0 Å². The van der Waals surface area contributed by atoms with Crippen molar-refractivity contribution < 1.29 is 9.90 Å². The molecule has 0 spiro atoms. The Balaban J connectivity index is 2.02. The fourth-order valence-corrected chi connectivity index (χ4v) is 2.15. The van der Waals surface area contributed by atoms with Crippen LogP contribution in [-0.2, 0) is 16.8 Å². The van der Waals surface area contributed by atoms with Crippen molar-refractivity contribution in [1.29, 1.82) is 0 Å². The first-order valence-corrected chi connectivity index (χ1v) is 6.97. The fourth-order valence-electron chi connectivity index (χ4n) is 2.15. The van der Waals surface area contributed by atoms with E-state index in [0.717, 1.165) is 5.56 Å². The highest BCUT2D eigenvalue weighted by molar-refractivity contribution is 5.87. The lowest BCUT2D eigenvalue weighted by atomic mass is 9.83. The molecular weight excluding hydrogens is 266 g/mol. The van der Waals surface area contributed by atoms with Gasteiger partial charge in [0.05, 0.1) is 12.0 Å². The Morgan fingerprint density at radius 1 is 1.38 bits per heavy atom. The zero-order chi connectivity index (χ0) is 15.5. The Morgan fingerprint density at radius 3 is 2.62 bits per heavy atom. The third-order valence-electron chi connectivity index (χ3n) is 3.55. The molecule has 2 rings (SSSR count). The van der Waals surface area contributed by atoms with E-state index in [2.05, 4.69) is 10.4 Å². The van der Waals surface area contributed by atoms with Crippen LogP contribution < -0.4 is 5.32 Å². The number of carbonyl (C=O) groups excluding carboxylic acids is 1. The molecule has 21 heavy (non-hydrogen) atoms. The van der Waals surface area contributed by atoms with Crippen LogP contribution in [0, 0.1) is 0 Å². The maximum atomic E-state index is 12.5. The number of aromatic nitrogens is 2. The molecule has 1 amide bonds. The minimum Gasteiger partial charge on any atom is -0.508 e. The summed E-state index contributed by atoms with van der Waals surface area (Å²) in [5, 5.41) is 16.5. The van der Waals surface area contributed by atoms with Gasteiger partial charge in [-0.1, -0.05) is 12.1 Å². The molecule has 2 N–H and O–H groups in total. The van der Waals surface area contributed by atoms with Gasteiger partial charge in [0.25, 0.3) is 0 Å². The molecule has 2 aromatic rings. The molecule has 0 fully saturated rings. The second kappa shape index (κ2) is 5.99. The summed E-state index contributed by atoms with van der Waals surface area (Å²) >= 11 is 0. The van der Waals surface area contributed by atoms with E-state index in [1.807, 2.05) is 33.0 Å². The molecule has 0 saturated heterocycles. The molecule has 1 aromatic heterocycles. The van der Waals surface area contributed by atoms with Crippen molar-refractivity contribution in [2.45, 2.75) is 38.8 Å². The number of amides is 1. The topological polar surface area (TPSA) is 67.2 Å². The Hall–Kier alpha value is -2.30. The Morgan fingerprint density at radius 2 is 2.05 bits per heavy atom. The van der Waals surface area contributed by atoms with Crippen LogP contribution >= 0.6 is 0 Å². The fraction of sp³-hybridized carbons (Fsp3) is 0.375. The monoisotopic (exact) mass is 287 g/mol. The van der Waals surface area contributed by atoms with Crippen molar-refractivity contribution in [3.63, 3.8) is 0 Å². The highest BCUT2D eigenvalue weighted by atomic mass is 16.3. The predicted molar refractivity (Wildman–Crippen MR) is 81.0 cm³/mol. The lowest BCUT2D eigenvalue weighted by Crippen LogP contribution is -2.45. The van der Waals surface area contributed by atoms with Gasteiger partial charge in [0.1, 0.15) is 5.75 Å². The average molecular weight is 287 g/mol. The van der Waals surface area contributed by atoms with Gasteiger partial charge < -0.3 is 10.4 Å². The third kappa shape index (κ3) is 3.62. The van der Waals surface area contributed by atoms with E-state index < -0.39 is 5.41 Å². The summed E-state index contributed by atoms with van der Waals surface area (Å²) in [6, 6.07) is 8.57. The van der Waals surface area contributed by atoms with Gasteiger partial charge in [-0.25, -0.2) is 0 Å². The van der Waals surface area contributed by atoms with Gasteiger partial charge in [0.2, 0.25) is 5.91 Å². The molecule has 0 aliphatic heterocycles. The molecule has 0 aliphatic rings. The van der Waals surface area contributed by atoms with Crippen molar-refractivity contribution >= 4 is 5.91 Å². The number of rotatable bonds is 5. The molecule has 5 heteroatoms. The second-order valence-electron chi connectivity index (χ2n) is 5.77. The molecule has 5 nitrogen and oxygen atoms in total. The average Bonchev–Trinajstić information content (AvgIpc) is 2.91. The smallest absolute Gasteiger partial charge is 0.230 e. The van der Waals surface area contributed by atoms with Crippen LogP contribution in [0.5, 0.6) is 5.75 Å². The van der Waals surface area contributed by atoms with Gasteiger partial charge in [-0.15, -0.1) is 0 Å². The predicted octanol–water partition coefficient (Wildman–Crippen LogP) is 2.07. The SMILES string of the molecule is CC(Cn1cccn1)NC(=O)C(C)(C)c1ccc(O)cc1. The maximum Gasteiger partial charge on any atom is 0.230 e. The zero-order valence-electron chi connectivity index (χ0n) is 12.6. The molecule has 1 atom stereocenters. The lowest BCUT2D eigenvalue weighted by Gasteiger charge is -2.26. The molecule has 1 aromatic carbocycles. The van der Waals surface area contributed by atoms with Crippen LogP contribution in [0.2, 0.25) is 0 Å². The minimum atomic E-state index is -0.661. The lowest BCUT2D eigenvalue weighted by molar-refractivity contribution is -0.126. The quantitative estimate of drug-likeness (QED) is 0.884. The summed E-state index contributed by atoms with van der Waals surface area (Å²) in [7, 11) is 0. The molecule has 0 aliphatic carbocycles. The van der Waals surface area contributed by atoms with Gasteiger partial charge in [0.15, 0.2) is 0 Å². The van der Waals surface area contributed by atoms with Crippen LogP contribution in [0.1, 0.15) is 26.3 Å². The highest BCUT2D eigenvalue weighted by Gasteiger charge is 2.30. The number of nitrogens with one attached hydrogen (secondary N) is 1. The third-order valence-corrected chi connectivity index (χ3v) is 3.55. The van der Waals surface area contributed by atoms with Gasteiger partial charge in [-0.3, -0.25) is 9.48 Å². The number of aromatic hydroxyl groups is 1. The first-order valence-electron chi connectivity index (χ1n) is 6.97. The van der Waals surface area contributed by atoms with Crippen LogP contribution in [0.15, 0.2) is 42.7 Å². The number of hydrogen-bond acceptors (Lipinski definition) is 3. The van der Waals surface area contributed by atoms with Crippen LogP contribution in [0.3, 0.4) is 0 Å². The van der Waals surface area contributed by atoms with Crippen molar-refractivity contribution in [1.82, 2.24) is 15.1 Å². The minimum absolute atomic E-state index is 0.0196. The molecule has 1 unspecified atom stereocenters. The number of nitrogens with zero attached hydrogens (tertiary/aromatic N) is 2. The molecule has 0 radical (unpaired) electrons. The van der Waals surface area contributed by atoms with Crippen LogP contribution in [0.4, 0.5) is 0 Å². The summed E-state index contributed by atoms with van der Waals surface area (Å²) in [4.78, 5) is 12.5. The Bertz CT molecular complexity index is 588. The van der Waals surface area contributed by atoms with E-state index in [0.29, 0.717) is 6.54 Å². The normalized spacial score (nSPS) is 12.9. The number of phenolic OH excluding ortho intramolecular Hbond substituents is 1. The number of carbonyl (C=O) groups is 1. The number of benzene rings is 1. The summed E-state index contributed by atoms with van der Waals surface area (Å²) in [5.74, 6) is 0.148. The van der Waals surface area contributed by atoms with Crippen molar-refractivity contribution in [2.75, 3.05) is 0 Å². The van der Waals surface area contributed by atoms with Crippen molar-refractivity contribution in [3.05, 3.63) is 48.3 Å².